The maximum Gasteiger partial charge on any atom is 0.275 e. The quantitative estimate of drug-likeness (QED) is 0.690. The van der Waals surface area contributed by atoms with Crippen molar-refractivity contribution in [3.63, 3.8) is 0 Å². The summed E-state index contributed by atoms with van der Waals surface area (Å²) in [4.78, 5) is 24.9. The van der Waals surface area contributed by atoms with Crippen LogP contribution in [0.15, 0.2) is 29.2 Å². The molecule has 2 rings (SSSR count). The molecule has 1 aliphatic heterocycles. The van der Waals surface area contributed by atoms with Crippen LogP contribution in [0.5, 0.6) is 0 Å². The first-order valence-corrected chi connectivity index (χ1v) is 10.7. The number of ketones is 1. The smallest absolute Gasteiger partial charge is 0.275 e. The Morgan fingerprint density at radius 1 is 1.19 bits per heavy atom. The average Bonchev–Trinajstić information content (AvgIpc) is 2.79. The van der Waals surface area contributed by atoms with Gasteiger partial charge in [0, 0.05) is 24.1 Å². The molecular formula is C19H30N3O4S+. The summed E-state index contributed by atoms with van der Waals surface area (Å²) in [5.74, 6) is -0.189. The number of nitrogens with one attached hydrogen (secondary N) is 2. The maximum atomic E-state index is 13.0. The Labute approximate surface area is 161 Å². The van der Waals surface area contributed by atoms with Crippen LogP contribution in [0.25, 0.3) is 0 Å². The number of hydrogen-bond donors (Lipinski definition) is 2. The Kier molecular flexibility index (Phi) is 6.77. The van der Waals surface area contributed by atoms with Gasteiger partial charge in [-0.05, 0) is 39.8 Å². The largest absolute Gasteiger partial charge is 0.347 e. The summed E-state index contributed by atoms with van der Waals surface area (Å²) >= 11 is 0. The van der Waals surface area contributed by atoms with Gasteiger partial charge in [-0.25, -0.2) is 8.42 Å². The van der Waals surface area contributed by atoms with Crippen LogP contribution in [0.2, 0.25) is 0 Å². The molecule has 7 nitrogen and oxygen atoms in total. The molecule has 1 atom stereocenters. The molecule has 1 saturated heterocycles. The summed E-state index contributed by atoms with van der Waals surface area (Å²) < 4.78 is 27.4. The summed E-state index contributed by atoms with van der Waals surface area (Å²) in [7, 11) is -3.65. The zero-order valence-corrected chi connectivity index (χ0v) is 17.4. The third-order valence-electron chi connectivity index (χ3n) is 4.46. The molecule has 1 amide bonds. The number of hydrogen-bond acceptors (Lipinski definition) is 4. The number of carbonyl (C=O) groups is 2. The first-order valence-electron chi connectivity index (χ1n) is 9.25. The zero-order valence-electron chi connectivity index (χ0n) is 16.5. The standard InChI is InChI=1S/C19H29N3O4S/c1-15(23)16-7-5-8-17(13-16)27(25,26)22-10-6-9-21(11-12-22)14-18(24)20-19(2,3)4/h5,7-8,13H,6,9-12,14H2,1-4H3,(H,20,24)/p+1. The molecule has 2 N–H and O–H groups in total. The van der Waals surface area contributed by atoms with E-state index in [1.807, 2.05) is 20.8 Å². The lowest BCUT2D eigenvalue weighted by atomic mass is 10.1. The molecule has 0 bridgehead atoms. The molecule has 0 aromatic heterocycles. The van der Waals surface area contributed by atoms with Crippen LogP contribution >= 0.6 is 0 Å². The lowest BCUT2D eigenvalue weighted by Crippen LogP contribution is -3.13. The van der Waals surface area contributed by atoms with Crippen molar-refractivity contribution in [2.24, 2.45) is 0 Å². The third kappa shape index (κ3) is 6.12. The van der Waals surface area contributed by atoms with Crippen molar-refractivity contribution in [2.45, 2.75) is 44.6 Å². The van der Waals surface area contributed by atoms with Gasteiger partial charge in [-0.2, -0.15) is 4.31 Å². The number of rotatable bonds is 5. The lowest BCUT2D eigenvalue weighted by molar-refractivity contribution is -0.889. The summed E-state index contributed by atoms with van der Waals surface area (Å²) in [5, 5.41) is 2.95. The minimum Gasteiger partial charge on any atom is -0.347 e. The molecule has 1 fully saturated rings. The fraction of sp³-hybridized carbons (Fsp3) is 0.579. The van der Waals surface area contributed by atoms with E-state index >= 15 is 0 Å². The normalized spacial score (nSPS) is 19.3. The van der Waals surface area contributed by atoms with Crippen LogP contribution in [0, 0.1) is 0 Å². The van der Waals surface area contributed by atoms with Gasteiger partial charge in [0.25, 0.3) is 5.91 Å². The van der Waals surface area contributed by atoms with Gasteiger partial charge < -0.3 is 10.2 Å². The van der Waals surface area contributed by atoms with Crippen molar-refractivity contribution in [2.75, 3.05) is 32.7 Å². The van der Waals surface area contributed by atoms with E-state index in [4.69, 9.17) is 0 Å². The lowest BCUT2D eigenvalue weighted by Gasteiger charge is -2.23. The number of Topliss-reactive ketones (excluding diaryl/α,β-unsaturated/α-hetero) is 1. The molecule has 27 heavy (non-hydrogen) atoms. The number of carbonyl (C=O) groups excluding carboxylic acids is 2. The molecule has 0 spiro atoms. The highest BCUT2D eigenvalue weighted by Crippen LogP contribution is 2.18. The van der Waals surface area contributed by atoms with E-state index in [2.05, 4.69) is 5.32 Å². The molecule has 150 valence electrons. The van der Waals surface area contributed by atoms with Crippen LogP contribution in [0.4, 0.5) is 0 Å². The second-order valence-corrected chi connectivity index (χ2v) is 10.0. The van der Waals surface area contributed by atoms with Crippen molar-refractivity contribution in [1.29, 1.82) is 0 Å². The van der Waals surface area contributed by atoms with Gasteiger partial charge in [-0.1, -0.05) is 12.1 Å². The van der Waals surface area contributed by atoms with Crippen LogP contribution in [-0.2, 0) is 14.8 Å². The van der Waals surface area contributed by atoms with Gasteiger partial charge in [0.15, 0.2) is 12.3 Å². The molecule has 0 radical (unpaired) electrons. The zero-order chi connectivity index (χ0) is 20.2. The summed E-state index contributed by atoms with van der Waals surface area (Å²) in [5.41, 5.74) is 0.108. The van der Waals surface area contributed by atoms with Crippen LogP contribution in [-0.4, -0.2) is 62.7 Å². The van der Waals surface area contributed by atoms with E-state index in [1.54, 1.807) is 12.1 Å². The number of quaternary nitrogens is 1. The van der Waals surface area contributed by atoms with Gasteiger partial charge >= 0.3 is 0 Å². The highest BCUT2D eigenvalue weighted by atomic mass is 32.2. The molecule has 8 heteroatoms. The molecule has 1 aromatic carbocycles. The van der Waals surface area contributed by atoms with Crippen molar-refractivity contribution in [3.05, 3.63) is 29.8 Å². The predicted molar refractivity (Wildman–Crippen MR) is 103 cm³/mol. The van der Waals surface area contributed by atoms with Crippen LogP contribution < -0.4 is 10.2 Å². The minimum atomic E-state index is -3.65. The second-order valence-electron chi connectivity index (χ2n) is 8.07. The molecule has 1 unspecified atom stereocenters. The fourth-order valence-electron chi connectivity index (χ4n) is 3.16. The molecule has 1 aromatic rings. The SMILES string of the molecule is CC(=O)c1cccc(S(=O)(=O)N2CCC[NH+](CC(=O)NC(C)(C)C)CC2)c1. The fourth-order valence-corrected chi connectivity index (χ4v) is 4.68. The van der Waals surface area contributed by atoms with Gasteiger partial charge in [-0.3, -0.25) is 9.59 Å². The first kappa shape index (κ1) is 21.5. The van der Waals surface area contributed by atoms with Gasteiger partial charge in [0.2, 0.25) is 10.0 Å². The van der Waals surface area contributed by atoms with E-state index in [0.717, 1.165) is 11.4 Å². The minimum absolute atomic E-state index is 0.0250. The monoisotopic (exact) mass is 396 g/mol. The summed E-state index contributed by atoms with van der Waals surface area (Å²) in [6.45, 7) is 9.65. The molecule has 0 aliphatic carbocycles. The van der Waals surface area contributed by atoms with Crippen LogP contribution in [0.3, 0.4) is 0 Å². The molecular weight excluding hydrogens is 366 g/mol. The predicted octanol–water partition coefficient (Wildman–Crippen LogP) is 0.0832. The van der Waals surface area contributed by atoms with Gasteiger partial charge in [0.1, 0.15) is 0 Å². The van der Waals surface area contributed by atoms with Crippen molar-refractivity contribution in [1.82, 2.24) is 9.62 Å². The number of sulfonamides is 1. The molecule has 1 heterocycles. The Bertz CT molecular complexity index is 799. The van der Waals surface area contributed by atoms with Crippen molar-refractivity contribution < 1.29 is 22.9 Å². The van der Waals surface area contributed by atoms with E-state index < -0.39 is 10.0 Å². The first-order chi connectivity index (χ1) is 12.5. The van der Waals surface area contributed by atoms with Crippen molar-refractivity contribution >= 4 is 21.7 Å². The highest BCUT2D eigenvalue weighted by Gasteiger charge is 2.29. The maximum absolute atomic E-state index is 13.0. The topological polar surface area (TPSA) is 88.0 Å². The van der Waals surface area contributed by atoms with E-state index in [9.17, 15) is 18.0 Å². The summed E-state index contributed by atoms with van der Waals surface area (Å²) in [6.07, 6.45) is 0.684. The number of amides is 1. The van der Waals surface area contributed by atoms with Crippen LogP contribution in [0.1, 0.15) is 44.5 Å². The van der Waals surface area contributed by atoms with E-state index in [1.165, 1.54) is 23.4 Å². The molecule has 1 aliphatic rings. The average molecular weight is 397 g/mol. The third-order valence-corrected chi connectivity index (χ3v) is 6.35. The van der Waals surface area contributed by atoms with Crippen molar-refractivity contribution in [3.8, 4) is 0 Å². The van der Waals surface area contributed by atoms with Gasteiger partial charge in [0.05, 0.1) is 24.5 Å². The Balaban J connectivity index is 2.05. The Morgan fingerprint density at radius 3 is 2.52 bits per heavy atom. The highest BCUT2D eigenvalue weighted by molar-refractivity contribution is 7.89. The summed E-state index contributed by atoms with van der Waals surface area (Å²) in [6, 6.07) is 6.16. The number of nitrogens with zero attached hydrogens (tertiary/aromatic N) is 1. The second kappa shape index (κ2) is 8.50. The number of benzene rings is 1. The Hall–Kier alpha value is -1.77. The molecule has 0 saturated carbocycles. The Morgan fingerprint density at radius 2 is 1.89 bits per heavy atom. The van der Waals surface area contributed by atoms with E-state index in [0.29, 0.717) is 38.2 Å². The van der Waals surface area contributed by atoms with Gasteiger partial charge in [-0.15, -0.1) is 0 Å². The van der Waals surface area contributed by atoms with E-state index in [-0.39, 0.29) is 22.1 Å².